The van der Waals surface area contributed by atoms with E-state index in [2.05, 4.69) is 55.5 Å². The first kappa shape index (κ1) is 20.1. The van der Waals surface area contributed by atoms with Crippen molar-refractivity contribution < 1.29 is 4.79 Å². The molecule has 0 aliphatic carbocycles. The van der Waals surface area contributed by atoms with Crippen molar-refractivity contribution in [3.8, 4) is 11.1 Å². The van der Waals surface area contributed by atoms with Gasteiger partial charge in [-0.2, -0.15) is 0 Å². The zero-order valence-electron chi connectivity index (χ0n) is 13.2. The summed E-state index contributed by atoms with van der Waals surface area (Å²) in [6.45, 7) is 5.11. The van der Waals surface area contributed by atoms with E-state index in [-0.39, 0.29) is 19.3 Å². The monoisotopic (exact) mass is 299 g/mol. The lowest BCUT2D eigenvalue weighted by Crippen LogP contribution is -2.15. The average molecular weight is 299 g/mol. The lowest BCUT2D eigenvalue weighted by atomic mass is 10.00. The maximum Gasteiger partial charge on any atom is 0.126 e. The minimum absolute atomic E-state index is 0. The number of aryl methyl sites for hydroxylation is 1. The molecule has 0 radical (unpaired) electrons. The zero-order valence-corrected chi connectivity index (χ0v) is 13.2. The summed E-state index contributed by atoms with van der Waals surface area (Å²) in [6.07, 6.45) is 2.09. The second-order valence-electron chi connectivity index (χ2n) is 5.49. The van der Waals surface area contributed by atoms with Crippen LogP contribution in [0.3, 0.4) is 0 Å². The van der Waals surface area contributed by atoms with Crippen molar-refractivity contribution in [1.29, 1.82) is 0 Å². The molecule has 0 bridgehead atoms. The molecule has 0 aliphatic rings. The third-order valence-electron chi connectivity index (χ3n) is 2.92. The Morgan fingerprint density at radius 1 is 1.00 bits per heavy atom. The first-order valence-corrected chi connectivity index (χ1v) is 7.36. The van der Waals surface area contributed by atoms with Gasteiger partial charge in [0.1, 0.15) is 5.78 Å². The van der Waals surface area contributed by atoms with Crippen LogP contribution in [0.2, 0.25) is 0 Å². The summed E-state index contributed by atoms with van der Waals surface area (Å²) in [4.78, 5) is 9.44. The predicted octanol–water partition coefficient (Wildman–Crippen LogP) is 4.86. The second-order valence-corrected chi connectivity index (χ2v) is 5.49. The SMILES string of the molecule is C.CC(C)=O.CC(N)CCc1cccc(-c2ccccc2)c1. The molecule has 0 saturated heterocycles. The molecule has 0 amide bonds. The summed E-state index contributed by atoms with van der Waals surface area (Å²) in [5.41, 5.74) is 9.71. The van der Waals surface area contributed by atoms with Crippen molar-refractivity contribution in [3.05, 3.63) is 60.2 Å². The van der Waals surface area contributed by atoms with E-state index in [1.165, 1.54) is 30.5 Å². The van der Waals surface area contributed by atoms with Crippen molar-refractivity contribution in [2.24, 2.45) is 5.73 Å². The van der Waals surface area contributed by atoms with Gasteiger partial charge in [0.25, 0.3) is 0 Å². The first-order valence-electron chi connectivity index (χ1n) is 7.36. The van der Waals surface area contributed by atoms with Crippen molar-refractivity contribution in [3.63, 3.8) is 0 Å². The summed E-state index contributed by atoms with van der Waals surface area (Å²) in [7, 11) is 0. The lowest BCUT2D eigenvalue weighted by molar-refractivity contribution is -0.114. The van der Waals surface area contributed by atoms with Crippen LogP contribution in [0.4, 0.5) is 0 Å². The summed E-state index contributed by atoms with van der Waals surface area (Å²) in [5, 5.41) is 0. The van der Waals surface area contributed by atoms with E-state index in [1.54, 1.807) is 0 Å². The molecule has 0 fully saturated rings. The molecule has 120 valence electrons. The molecule has 22 heavy (non-hydrogen) atoms. The Morgan fingerprint density at radius 3 is 2.09 bits per heavy atom. The fourth-order valence-corrected chi connectivity index (χ4v) is 1.93. The number of carbonyl (C=O) groups is 1. The minimum Gasteiger partial charge on any atom is -0.328 e. The smallest absolute Gasteiger partial charge is 0.126 e. The van der Waals surface area contributed by atoms with E-state index < -0.39 is 0 Å². The zero-order chi connectivity index (χ0) is 15.7. The number of hydrogen-bond acceptors (Lipinski definition) is 2. The Labute approximate surface area is 135 Å². The van der Waals surface area contributed by atoms with Gasteiger partial charge in [0.15, 0.2) is 0 Å². The lowest BCUT2D eigenvalue weighted by Gasteiger charge is -2.07. The van der Waals surface area contributed by atoms with E-state index in [0.717, 1.165) is 12.8 Å². The number of rotatable bonds is 4. The van der Waals surface area contributed by atoms with Gasteiger partial charge in [-0.05, 0) is 50.3 Å². The number of hydrogen-bond donors (Lipinski definition) is 1. The van der Waals surface area contributed by atoms with Crippen LogP contribution in [0.25, 0.3) is 11.1 Å². The van der Waals surface area contributed by atoms with Crippen molar-refractivity contribution in [2.45, 2.75) is 47.1 Å². The summed E-state index contributed by atoms with van der Waals surface area (Å²) in [5.74, 6) is 0.167. The van der Waals surface area contributed by atoms with E-state index in [1.807, 2.05) is 6.07 Å². The van der Waals surface area contributed by atoms with E-state index in [0.29, 0.717) is 0 Å². The second kappa shape index (κ2) is 10.7. The van der Waals surface area contributed by atoms with Crippen LogP contribution in [0.15, 0.2) is 54.6 Å². The molecule has 0 heterocycles. The summed E-state index contributed by atoms with van der Waals surface area (Å²) < 4.78 is 0. The number of benzene rings is 2. The van der Waals surface area contributed by atoms with Crippen LogP contribution >= 0.6 is 0 Å². The minimum atomic E-state index is 0. The van der Waals surface area contributed by atoms with Crippen molar-refractivity contribution in [2.75, 3.05) is 0 Å². The highest BCUT2D eigenvalue weighted by atomic mass is 16.1. The van der Waals surface area contributed by atoms with Gasteiger partial charge < -0.3 is 10.5 Å². The highest BCUT2D eigenvalue weighted by molar-refractivity contribution is 5.72. The average Bonchev–Trinajstić information content (AvgIpc) is 2.46. The van der Waals surface area contributed by atoms with E-state index in [9.17, 15) is 4.79 Å². The molecule has 2 aromatic carbocycles. The van der Waals surface area contributed by atoms with Crippen LogP contribution in [0, 0.1) is 0 Å². The summed E-state index contributed by atoms with van der Waals surface area (Å²) in [6, 6.07) is 19.5. The van der Waals surface area contributed by atoms with E-state index in [4.69, 9.17) is 5.73 Å². The Morgan fingerprint density at radius 2 is 1.55 bits per heavy atom. The van der Waals surface area contributed by atoms with Gasteiger partial charge in [0.05, 0.1) is 0 Å². The van der Waals surface area contributed by atoms with Crippen molar-refractivity contribution in [1.82, 2.24) is 0 Å². The molecule has 1 unspecified atom stereocenters. The molecule has 0 aromatic heterocycles. The fourth-order valence-electron chi connectivity index (χ4n) is 1.93. The van der Waals surface area contributed by atoms with Crippen LogP contribution < -0.4 is 5.73 Å². The number of carbonyl (C=O) groups excluding carboxylic acids is 1. The Bertz CT molecular complexity index is 543. The number of ketones is 1. The maximum absolute atomic E-state index is 9.44. The standard InChI is InChI=1S/C16H19N.C3H6O.CH4/c1-13(17)10-11-14-6-5-9-16(12-14)15-7-3-2-4-8-15;1-3(2)4;/h2-9,12-13H,10-11,17H2,1H3;1-2H3;1H4. The van der Waals surface area contributed by atoms with E-state index >= 15 is 0 Å². The molecule has 1 atom stereocenters. The highest BCUT2D eigenvalue weighted by Crippen LogP contribution is 2.20. The Hall–Kier alpha value is -1.93. The molecule has 0 saturated carbocycles. The van der Waals surface area contributed by atoms with Crippen molar-refractivity contribution >= 4 is 5.78 Å². The van der Waals surface area contributed by atoms with Gasteiger partial charge in [-0.3, -0.25) is 0 Å². The first-order chi connectivity index (χ1) is 9.99. The Kier molecular flexibility index (Phi) is 9.80. The highest BCUT2D eigenvalue weighted by Gasteiger charge is 2.00. The molecule has 0 spiro atoms. The maximum atomic E-state index is 9.44. The largest absolute Gasteiger partial charge is 0.328 e. The molecular formula is C20H29NO. The number of nitrogens with two attached hydrogens (primary N) is 1. The number of Topliss-reactive ketones (excluding diaryl/α,β-unsaturated/α-hetero) is 1. The van der Waals surface area contributed by atoms with Crippen LogP contribution in [-0.2, 0) is 11.2 Å². The van der Waals surface area contributed by atoms with Gasteiger partial charge in [0.2, 0.25) is 0 Å². The molecule has 2 heteroatoms. The third kappa shape index (κ3) is 8.38. The van der Waals surface area contributed by atoms with Crippen LogP contribution in [0.1, 0.15) is 40.2 Å². The molecule has 2 N–H and O–H groups in total. The van der Waals surface area contributed by atoms with Gasteiger partial charge >= 0.3 is 0 Å². The molecular weight excluding hydrogens is 270 g/mol. The predicted molar refractivity (Wildman–Crippen MR) is 96.9 cm³/mol. The van der Waals surface area contributed by atoms with Gasteiger partial charge in [-0.1, -0.05) is 62.0 Å². The normalized spacial score (nSPS) is 10.7. The van der Waals surface area contributed by atoms with Crippen LogP contribution in [-0.4, -0.2) is 11.8 Å². The Balaban J connectivity index is 0.000000791. The fraction of sp³-hybridized carbons (Fsp3) is 0.350. The quantitative estimate of drug-likeness (QED) is 0.875. The topological polar surface area (TPSA) is 43.1 Å². The molecule has 2 rings (SSSR count). The molecule has 2 aromatic rings. The van der Waals surface area contributed by atoms with Crippen LogP contribution in [0.5, 0.6) is 0 Å². The van der Waals surface area contributed by atoms with Gasteiger partial charge in [0, 0.05) is 6.04 Å². The van der Waals surface area contributed by atoms with Gasteiger partial charge in [-0.25, -0.2) is 0 Å². The summed E-state index contributed by atoms with van der Waals surface area (Å²) >= 11 is 0. The molecule has 0 aliphatic heterocycles. The third-order valence-corrected chi connectivity index (χ3v) is 2.92. The molecule has 2 nitrogen and oxygen atoms in total. The van der Waals surface area contributed by atoms with Gasteiger partial charge in [-0.15, -0.1) is 0 Å².